The van der Waals surface area contributed by atoms with Gasteiger partial charge >= 0.3 is 7.12 Å². The van der Waals surface area contributed by atoms with E-state index in [0.29, 0.717) is 6.61 Å². The van der Waals surface area contributed by atoms with Crippen molar-refractivity contribution in [3.8, 4) is 5.75 Å². The Labute approximate surface area is 128 Å². The maximum atomic E-state index is 6.10. The second kappa shape index (κ2) is 5.86. The topological polar surface area (TPSA) is 27.7 Å². The summed E-state index contributed by atoms with van der Waals surface area (Å²) in [5, 5.41) is 0. The van der Waals surface area contributed by atoms with Gasteiger partial charge in [-0.05, 0) is 40.7 Å². The van der Waals surface area contributed by atoms with Gasteiger partial charge in [0.25, 0.3) is 0 Å². The van der Waals surface area contributed by atoms with Crippen LogP contribution in [-0.2, 0) is 9.31 Å². The third-order valence-electron chi connectivity index (χ3n) is 4.21. The van der Waals surface area contributed by atoms with Crippen LogP contribution in [0.15, 0.2) is 36.4 Å². The molecule has 0 spiro atoms. The molecule has 3 nitrogen and oxygen atoms in total. The Bertz CT molecular complexity index is 507. The van der Waals surface area contributed by atoms with Crippen molar-refractivity contribution in [3.63, 3.8) is 0 Å². The van der Waals surface area contributed by atoms with Crippen LogP contribution >= 0.6 is 0 Å². The summed E-state index contributed by atoms with van der Waals surface area (Å²) in [6.07, 6.45) is 0.845. The van der Waals surface area contributed by atoms with E-state index >= 15 is 0 Å². The van der Waals surface area contributed by atoms with Crippen LogP contribution in [0.5, 0.6) is 5.75 Å². The lowest BCUT2D eigenvalue weighted by molar-refractivity contribution is 0.00578. The molecule has 0 radical (unpaired) electrons. The number of para-hydroxylation sites is 1. The van der Waals surface area contributed by atoms with E-state index in [1.54, 1.807) is 0 Å². The molecule has 114 valence electrons. The Morgan fingerprint density at radius 1 is 1.14 bits per heavy atom. The van der Waals surface area contributed by atoms with E-state index in [1.165, 1.54) is 0 Å². The largest absolute Gasteiger partial charge is 0.498 e. The molecular formula is C17H25BO3. The van der Waals surface area contributed by atoms with Crippen LogP contribution in [-0.4, -0.2) is 24.9 Å². The molecule has 1 aliphatic heterocycles. The first kappa shape index (κ1) is 16.1. The fourth-order valence-electron chi connectivity index (χ4n) is 2.11. The second-order valence-electron chi connectivity index (χ2n) is 6.68. The summed E-state index contributed by atoms with van der Waals surface area (Å²) >= 11 is 0. The van der Waals surface area contributed by atoms with E-state index in [4.69, 9.17) is 14.0 Å². The lowest BCUT2D eigenvalue weighted by Gasteiger charge is -2.32. The third kappa shape index (κ3) is 3.50. The SMILES string of the molecule is C=C(C)CCOc1ccccc1B1OC(C)(C)C(C)(C)O1. The van der Waals surface area contributed by atoms with Gasteiger partial charge in [-0.15, -0.1) is 6.58 Å². The van der Waals surface area contributed by atoms with Crippen LogP contribution in [0.3, 0.4) is 0 Å². The zero-order chi connectivity index (χ0) is 15.7. The average molecular weight is 288 g/mol. The van der Waals surface area contributed by atoms with Crippen molar-refractivity contribution in [3.05, 3.63) is 36.4 Å². The molecule has 1 aromatic rings. The van der Waals surface area contributed by atoms with Gasteiger partial charge < -0.3 is 14.0 Å². The number of hydrogen-bond donors (Lipinski definition) is 0. The highest BCUT2D eigenvalue weighted by Crippen LogP contribution is 2.37. The van der Waals surface area contributed by atoms with Crippen LogP contribution in [0.25, 0.3) is 0 Å². The summed E-state index contributed by atoms with van der Waals surface area (Å²) in [7, 11) is -0.393. The molecule has 4 heteroatoms. The molecule has 1 aliphatic rings. The van der Waals surface area contributed by atoms with Gasteiger partial charge in [-0.25, -0.2) is 0 Å². The first-order valence-electron chi connectivity index (χ1n) is 7.45. The zero-order valence-electron chi connectivity index (χ0n) is 13.7. The van der Waals surface area contributed by atoms with Gasteiger partial charge in [0.1, 0.15) is 5.75 Å². The highest BCUT2D eigenvalue weighted by atomic mass is 16.7. The Kier molecular flexibility index (Phi) is 4.50. The molecule has 0 atom stereocenters. The van der Waals surface area contributed by atoms with Crippen molar-refractivity contribution in [2.45, 2.75) is 52.2 Å². The van der Waals surface area contributed by atoms with Gasteiger partial charge in [0, 0.05) is 11.9 Å². The molecule has 1 fully saturated rings. The summed E-state index contributed by atoms with van der Waals surface area (Å²) < 4.78 is 18.1. The zero-order valence-corrected chi connectivity index (χ0v) is 13.7. The maximum absolute atomic E-state index is 6.10. The lowest BCUT2D eigenvalue weighted by Crippen LogP contribution is -2.41. The molecule has 1 saturated heterocycles. The third-order valence-corrected chi connectivity index (χ3v) is 4.21. The molecule has 0 unspecified atom stereocenters. The predicted octanol–water partition coefficient (Wildman–Crippen LogP) is 3.33. The van der Waals surface area contributed by atoms with Crippen molar-refractivity contribution in [2.24, 2.45) is 0 Å². The highest BCUT2D eigenvalue weighted by molar-refractivity contribution is 6.63. The van der Waals surface area contributed by atoms with Gasteiger partial charge in [-0.2, -0.15) is 0 Å². The van der Waals surface area contributed by atoms with Gasteiger partial charge in [0.05, 0.1) is 17.8 Å². The summed E-state index contributed by atoms with van der Waals surface area (Å²) in [4.78, 5) is 0. The summed E-state index contributed by atoms with van der Waals surface area (Å²) in [5.74, 6) is 0.817. The average Bonchev–Trinajstić information content (AvgIpc) is 2.58. The van der Waals surface area contributed by atoms with E-state index < -0.39 is 7.12 Å². The first-order chi connectivity index (χ1) is 9.73. The predicted molar refractivity (Wildman–Crippen MR) is 87.1 cm³/mol. The Hall–Kier alpha value is -1.26. The van der Waals surface area contributed by atoms with E-state index in [9.17, 15) is 0 Å². The quantitative estimate of drug-likeness (QED) is 0.614. The minimum atomic E-state index is -0.393. The summed E-state index contributed by atoms with van der Waals surface area (Å²) in [5.41, 5.74) is 1.37. The Morgan fingerprint density at radius 2 is 1.71 bits per heavy atom. The standard InChI is InChI=1S/C17H25BO3/c1-13(2)11-12-19-15-10-8-7-9-14(15)18-20-16(3,4)17(5,6)21-18/h7-10H,1,11-12H2,2-6H3. The highest BCUT2D eigenvalue weighted by Gasteiger charge is 2.52. The van der Waals surface area contributed by atoms with Crippen molar-refractivity contribution >= 4 is 12.6 Å². The van der Waals surface area contributed by atoms with Crippen molar-refractivity contribution in [2.75, 3.05) is 6.61 Å². The van der Waals surface area contributed by atoms with Crippen molar-refractivity contribution in [1.29, 1.82) is 0 Å². The summed E-state index contributed by atoms with van der Waals surface area (Å²) in [6, 6.07) is 7.90. The molecule has 1 aromatic carbocycles. The first-order valence-corrected chi connectivity index (χ1v) is 7.45. The van der Waals surface area contributed by atoms with Gasteiger partial charge in [0.15, 0.2) is 0 Å². The van der Waals surface area contributed by atoms with Crippen LogP contribution in [0.4, 0.5) is 0 Å². The van der Waals surface area contributed by atoms with Crippen LogP contribution in [0.1, 0.15) is 41.0 Å². The molecule has 0 bridgehead atoms. The van der Waals surface area contributed by atoms with Crippen LogP contribution in [0.2, 0.25) is 0 Å². The minimum absolute atomic E-state index is 0.345. The fourth-order valence-corrected chi connectivity index (χ4v) is 2.11. The molecule has 2 rings (SSSR count). The second-order valence-corrected chi connectivity index (χ2v) is 6.68. The van der Waals surface area contributed by atoms with E-state index in [-0.39, 0.29) is 11.2 Å². The summed E-state index contributed by atoms with van der Waals surface area (Å²) in [6.45, 7) is 14.7. The molecule has 0 N–H and O–H groups in total. The number of hydrogen-bond acceptors (Lipinski definition) is 3. The molecule has 0 aliphatic carbocycles. The Morgan fingerprint density at radius 3 is 2.29 bits per heavy atom. The number of rotatable bonds is 5. The lowest BCUT2D eigenvalue weighted by atomic mass is 9.78. The van der Waals surface area contributed by atoms with E-state index in [2.05, 4.69) is 34.3 Å². The van der Waals surface area contributed by atoms with Gasteiger partial charge in [-0.1, -0.05) is 23.8 Å². The smallest absolute Gasteiger partial charge is 0.494 e. The van der Waals surface area contributed by atoms with Gasteiger partial charge in [-0.3, -0.25) is 0 Å². The molecule has 0 saturated carbocycles. The molecule has 1 heterocycles. The fraction of sp³-hybridized carbons (Fsp3) is 0.529. The minimum Gasteiger partial charge on any atom is -0.494 e. The molecule has 0 amide bonds. The Balaban J connectivity index is 2.16. The number of benzene rings is 1. The normalized spacial score (nSPS) is 19.6. The van der Waals surface area contributed by atoms with Crippen LogP contribution in [0, 0.1) is 0 Å². The maximum Gasteiger partial charge on any atom is 0.498 e. The molecule has 0 aromatic heterocycles. The van der Waals surface area contributed by atoms with Gasteiger partial charge in [0.2, 0.25) is 0 Å². The van der Waals surface area contributed by atoms with Crippen molar-refractivity contribution in [1.82, 2.24) is 0 Å². The van der Waals surface area contributed by atoms with Crippen molar-refractivity contribution < 1.29 is 14.0 Å². The van der Waals surface area contributed by atoms with Crippen LogP contribution < -0.4 is 10.2 Å². The monoisotopic (exact) mass is 288 g/mol. The molecule has 21 heavy (non-hydrogen) atoms. The van der Waals surface area contributed by atoms with E-state index in [1.807, 2.05) is 31.2 Å². The molecular weight excluding hydrogens is 263 g/mol. The number of ether oxygens (including phenoxy) is 1. The van der Waals surface area contributed by atoms with E-state index in [0.717, 1.165) is 23.2 Å².